The number of phenolic OH excluding ortho intramolecular Hbond substituents is 1. The van der Waals surface area contributed by atoms with E-state index in [0.29, 0.717) is 22.6 Å². The number of ether oxygens (including phenoxy) is 2. The van der Waals surface area contributed by atoms with Crippen LogP contribution in [-0.2, 0) is 13.6 Å². The number of phenols is 1. The molecule has 0 bridgehead atoms. The summed E-state index contributed by atoms with van der Waals surface area (Å²) in [4.78, 5) is 20.8. The lowest BCUT2D eigenvalue weighted by atomic mass is 10.1. The number of rotatable bonds is 5. The second-order valence-electron chi connectivity index (χ2n) is 8.48. The number of pyridine rings is 1. The Hall–Kier alpha value is -4.67. The number of halogens is 2. The molecule has 0 unspecified atom stereocenters. The Morgan fingerprint density at radius 2 is 1.68 bits per heavy atom. The molecule has 0 fully saturated rings. The van der Waals surface area contributed by atoms with Crippen LogP contribution in [0.2, 0.25) is 0 Å². The van der Waals surface area contributed by atoms with Crippen molar-refractivity contribution >= 4 is 23.1 Å². The van der Waals surface area contributed by atoms with Gasteiger partial charge in [-0.15, -0.1) is 0 Å². The van der Waals surface area contributed by atoms with Crippen LogP contribution in [0, 0.1) is 18.6 Å². The van der Waals surface area contributed by atoms with Gasteiger partial charge in [-0.05, 0) is 37.3 Å². The molecule has 0 saturated heterocycles. The number of carbonyl (C=O) groups is 1. The molecule has 0 saturated carbocycles. The van der Waals surface area contributed by atoms with Crippen molar-refractivity contribution in [1.82, 2.24) is 14.8 Å². The van der Waals surface area contributed by atoms with Crippen LogP contribution in [0.1, 0.15) is 11.3 Å². The molecule has 5 rings (SSSR count). The third kappa shape index (κ3) is 3.98. The van der Waals surface area contributed by atoms with Gasteiger partial charge in [0, 0.05) is 36.6 Å². The van der Waals surface area contributed by atoms with Crippen molar-refractivity contribution < 1.29 is 28.2 Å². The number of anilines is 3. The van der Waals surface area contributed by atoms with Crippen LogP contribution in [0.3, 0.4) is 0 Å². The van der Waals surface area contributed by atoms with Crippen LogP contribution in [0.25, 0.3) is 11.3 Å². The molecule has 0 radical (unpaired) electrons. The number of nitrogens with zero attached hydrogens (tertiary/aromatic N) is 5. The van der Waals surface area contributed by atoms with Gasteiger partial charge in [0.1, 0.15) is 11.4 Å². The Morgan fingerprint density at radius 3 is 2.24 bits per heavy atom. The zero-order chi connectivity index (χ0) is 26.4. The van der Waals surface area contributed by atoms with Crippen molar-refractivity contribution in [2.45, 2.75) is 13.5 Å². The molecule has 2 amide bonds. The summed E-state index contributed by atoms with van der Waals surface area (Å²) in [6, 6.07) is 8.02. The zero-order valence-electron chi connectivity index (χ0n) is 20.5. The number of aromatic hydroxyl groups is 1. The molecule has 9 nitrogen and oxygen atoms in total. The Balaban J connectivity index is 1.71. The molecule has 2 aromatic heterocycles. The van der Waals surface area contributed by atoms with E-state index >= 15 is 8.78 Å². The minimum Gasteiger partial charge on any atom is -0.508 e. The average molecular weight is 507 g/mol. The maximum atomic E-state index is 15.4. The summed E-state index contributed by atoms with van der Waals surface area (Å²) in [6.45, 7) is 1.69. The largest absolute Gasteiger partial charge is 0.508 e. The fourth-order valence-electron chi connectivity index (χ4n) is 4.40. The van der Waals surface area contributed by atoms with Gasteiger partial charge in [0.05, 0.1) is 43.5 Å². The van der Waals surface area contributed by atoms with Crippen molar-refractivity contribution in [2.75, 3.05) is 24.0 Å². The minimum absolute atomic E-state index is 0.00121. The van der Waals surface area contributed by atoms with Gasteiger partial charge in [-0.25, -0.2) is 13.6 Å². The summed E-state index contributed by atoms with van der Waals surface area (Å²) in [7, 11) is 4.27. The van der Waals surface area contributed by atoms with Crippen LogP contribution >= 0.6 is 0 Å². The highest BCUT2D eigenvalue weighted by Gasteiger charge is 2.37. The molecular weight excluding hydrogens is 484 g/mol. The van der Waals surface area contributed by atoms with Gasteiger partial charge in [0.2, 0.25) is 0 Å². The fraction of sp³-hybridized carbons (Fsp3) is 0.192. The van der Waals surface area contributed by atoms with Gasteiger partial charge in [-0.3, -0.25) is 19.5 Å². The first kappa shape index (κ1) is 24.0. The molecular formula is C26H23F2N5O4. The van der Waals surface area contributed by atoms with Crippen LogP contribution in [0.4, 0.5) is 30.6 Å². The number of methoxy groups -OCH3 is 2. The lowest BCUT2D eigenvalue weighted by Gasteiger charge is -2.37. The molecule has 0 spiro atoms. The number of amides is 2. The minimum atomic E-state index is -1.04. The maximum absolute atomic E-state index is 15.4. The SMILES string of the molecule is COc1cc(OC)c(F)c(N2Cc3cnc(-c4cn(C)nc4C)cc3N(c3ccc(O)cc3)C2=O)c1F. The Morgan fingerprint density at radius 1 is 1.03 bits per heavy atom. The van der Waals surface area contributed by atoms with Gasteiger partial charge in [-0.1, -0.05) is 0 Å². The van der Waals surface area contributed by atoms with Gasteiger partial charge >= 0.3 is 6.03 Å². The van der Waals surface area contributed by atoms with Crippen LogP contribution in [0.5, 0.6) is 17.2 Å². The predicted octanol–water partition coefficient (Wildman–Crippen LogP) is 5.07. The second-order valence-corrected chi connectivity index (χ2v) is 8.48. The number of urea groups is 1. The topological polar surface area (TPSA) is 93.0 Å². The smallest absolute Gasteiger partial charge is 0.334 e. The fourth-order valence-corrected chi connectivity index (χ4v) is 4.40. The Kier molecular flexibility index (Phi) is 5.90. The van der Waals surface area contributed by atoms with Crippen molar-refractivity contribution in [1.29, 1.82) is 0 Å². The van der Waals surface area contributed by atoms with Crippen molar-refractivity contribution in [2.24, 2.45) is 7.05 Å². The summed E-state index contributed by atoms with van der Waals surface area (Å²) in [5, 5.41) is 14.2. The van der Waals surface area contributed by atoms with Crippen LogP contribution in [0.15, 0.2) is 48.8 Å². The predicted molar refractivity (Wildman–Crippen MR) is 132 cm³/mol. The standard InChI is InChI=1S/C26H23F2N5O4/c1-14-18(13-31(2)30-14)19-9-20-15(11-29-19)12-32(26(35)33(20)16-5-7-17(34)8-6-16)25-23(27)21(36-3)10-22(37-4)24(25)28/h5-11,13,34H,12H2,1-4H3. The number of aryl methyl sites for hydroxylation is 2. The molecule has 0 atom stereocenters. The molecule has 0 aliphatic carbocycles. The molecule has 1 aliphatic heterocycles. The van der Waals surface area contributed by atoms with E-state index in [9.17, 15) is 9.90 Å². The number of fused-ring (bicyclic) bond motifs is 1. The highest BCUT2D eigenvalue weighted by molar-refractivity contribution is 6.11. The van der Waals surface area contributed by atoms with E-state index in [-0.39, 0.29) is 23.8 Å². The van der Waals surface area contributed by atoms with Crippen molar-refractivity contribution in [3.05, 3.63) is 71.7 Å². The molecule has 2 aromatic carbocycles. The van der Waals surface area contributed by atoms with E-state index in [1.54, 1.807) is 24.0 Å². The lowest BCUT2D eigenvalue weighted by molar-refractivity contribution is 0.251. The highest BCUT2D eigenvalue weighted by Crippen LogP contribution is 2.43. The summed E-state index contributed by atoms with van der Waals surface area (Å²) in [5.41, 5.74) is 2.90. The molecule has 190 valence electrons. The van der Waals surface area contributed by atoms with Crippen molar-refractivity contribution in [3.63, 3.8) is 0 Å². The molecule has 1 aliphatic rings. The average Bonchev–Trinajstić information content (AvgIpc) is 3.23. The zero-order valence-corrected chi connectivity index (χ0v) is 20.5. The first-order valence-corrected chi connectivity index (χ1v) is 11.2. The van der Waals surface area contributed by atoms with Crippen LogP contribution < -0.4 is 19.3 Å². The first-order valence-electron chi connectivity index (χ1n) is 11.2. The number of benzene rings is 2. The number of aromatic nitrogens is 3. The van der Waals surface area contributed by atoms with Crippen molar-refractivity contribution in [3.8, 4) is 28.5 Å². The summed E-state index contributed by atoms with van der Waals surface area (Å²) >= 11 is 0. The maximum Gasteiger partial charge on any atom is 0.334 e. The van der Waals surface area contributed by atoms with Gasteiger partial charge in [0.15, 0.2) is 23.1 Å². The molecule has 37 heavy (non-hydrogen) atoms. The normalized spacial score (nSPS) is 13.1. The number of hydrogen-bond donors (Lipinski definition) is 1. The van der Waals surface area contributed by atoms with E-state index in [2.05, 4.69) is 10.1 Å². The van der Waals surface area contributed by atoms with Crippen LogP contribution in [-0.4, -0.2) is 40.1 Å². The lowest BCUT2D eigenvalue weighted by Crippen LogP contribution is -2.45. The molecule has 11 heteroatoms. The van der Waals surface area contributed by atoms with E-state index in [4.69, 9.17) is 9.47 Å². The summed E-state index contributed by atoms with van der Waals surface area (Å²) in [5.74, 6) is -2.63. The van der Waals surface area contributed by atoms with Gasteiger partial charge < -0.3 is 14.6 Å². The monoisotopic (exact) mass is 507 g/mol. The van der Waals surface area contributed by atoms with E-state index in [0.717, 1.165) is 22.2 Å². The highest BCUT2D eigenvalue weighted by atomic mass is 19.1. The number of carbonyl (C=O) groups excluding carboxylic acids is 1. The third-order valence-corrected chi connectivity index (χ3v) is 6.17. The molecule has 1 N–H and O–H groups in total. The van der Waals surface area contributed by atoms with E-state index in [1.165, 1.54) is 43.4 Å². The van der Waals surface area contributed by atoms with E-state index in [1.807, 2.05) is 13.1 Å². The Labute approximate surface area is 211 Å². The quantitative estimate of drug-likeness (QED) is 0.406. The molecule has 4 aromatic rings. The third-order valence-electron chi connectivity index (χ3n) is 6.17. The van der Waals surface area contributed by atoms with Gasteiger partial charge in [-0.2, -0.15) is 5.10 Å². The van der Waals surface area contributed by atoms with E-state index < -0.39 is 23.4 Å². The summed E-state index contributed by atoms with van der Waals surface area (Å²) < 4.78 is 42.6. The first-order chi connectivity index (χ1) is 17.7. The Bertz CT molecular complexity index is 1490. The number of hydrogen-bond acceptors (Lipinski definition) is 6. The summed E-state index contributed by atoms with van der Waals surface area (Å²) in [6.07, 6.45) is 3.39. The molecule has 3 heterocycles. The van der Waals surface area contributed by atoms with Gasteiger partial charge in [0.25, 0.3) is 0 Å². The second kappa shape index (κ2) is 9.08.